The highest BCUT2D eigenvalue weighted by Crippen LogP contribution is 2.40. The van der Waals surface area contributed by atoms with E-state index < -0.39 is 43.5 Å². The van der Waals surface area contributed by atoms with Crippen LogP contribution in [-0.2, 0) is 22.4 Å². The number of carbonyl (C=O) groups is 2. The van der Waals surface area contributed by atoms with Crippen LogP contribution in [0.25, 0.3) is 11.0 Å². The Morgan fingerprint density at radius 3 is 2.41 bits per heavy atom. The zero-order chi connectivity index (χ0) is 32.1. The summed E-state index contributed by atoms with van der Waals surface area (Å²) in [4.78, 5) is 30.6. The van der Waals surface area contributed by atoms with Crippen LogP contribution in [0.5, 0.6) is 0 Å². The molecule has 3 aromatic rings. The van der Waals surface area contributed by atoms with E-state index in [1.807, 2.05) is 5.32 Å². The number of nitrogens with two attached hydrogens (primary N) is 1. The number of fused-ring (bicyclic) bond motifs is 1. The number of methoxy groups -OCH3 is 1. The number of imidazole rings is 1. The highest BCUT2D eigenvalue weighted by atomic mass is 19.4. The van der Waals surface area contributed by atoms with Gasteiger partial charge in [0.25, 0.3) is 5.91 Å². The van der Waals surface area contributed by atoms with Crippen molar-refractivity contribution in [1.82, 2.24) is 30.5 Å². The minimum absolute atomic E-state index is 0.0165. The van der Waals surface area contributed by atoms with E-state index in [0.717, 1.165) is 17.7 Å². The number of hydrogen-bond acceptors (Lipinski definition) is 8. The number of halogens is 6. The van der Waals surface area contributed by atoms with Gasteiger partial charge < -0.3 is 30.4 Å². The van der Waals surface area contributed by atoms with Crippen molar-refractivity contribution in [3.63, 3.8) is 0 Å². The minimum Gasteiger partial charge on any atom is -0.381 e. The van der Waals surface area contributed by atoms with Gasteiger partial charge in [0.15, 0.2) is 5.69 Å². The number of primary amides is 1. The molecule has 1 unspecified atom stereocenters. The molecule has 0 bridgehead atoms. The highest BCUT2D eigenvalue weighted by Gasteiger charge is 2.46. The molecule has 6 rings (SSSR count). The molecule has 242 valence electrons. The van der Waals surface area contributed by atoms with Crippen molar-refractivity contribution in [2.45, 2.75) is 69.1 Å². The van der Waals surface area contributed by atoms with Crippen molar-refractivity contribution >= 4 is 23.0 Å². The largest absolute Gasteiger partial charge is 0.411 e. The second kappa shape index (κ2) is 13.8. The maximum atomic E-state index is 12.7. The van der Waals surface area contributed by atoms with Crippen molar-refractivity contribution in [3.05, 3.63) is 41.0 Å². The van der Waals surface area contributed by atoms with Crippen LogP contribution in [0.15, 0.2) is 22.8 Å². The predicted molar refractivity (Wildman–Crippen MR) is 140 cm³/mol. The summed E-state index contributed by atoms with van der Waals surface area (Å²) in [7, 11) is 1.76. The van der Waals surface area contributed by atoms with E-state index in [1.54, 1.807) is 25.3 Å². The van der Waals surface area contributed by atoms with Gasteiger partial charge in [0.1, 0.15) is 24.2 Å². The Kier molecular flexibility index (Phi) is 10.3. The fourth-order valence-electron chi connectivity index (χ4n) is 4.11. The van der Waals surface area contributed by atoms with Crippen molar-refractivity contribution in [3.8, 4) is 0 Å². The Bertz CT molecular complexity index is 1420. The molecule has 0 radical (unpaired) electrons. The third kappa shape index (κ3) is 9.80. The molecular weight excluding hydrogens is 604 g/mol. The van der Waals surface area contributed by atoms with Crippen LogP contribution in [0.2, 0.25) is 0 Å². The Morgan fingerprint density at radius 1 is 1.14 bits per heavy atom. The molecule has 3 aliphatic rings. The number of rotatable bonds is 9. The van der Waals surface area contributed by atoms with Gasteiger partial charge in [-0.25, -0.2) is 14.4 Å². The van der Waals surface area contributed by atoms with Gasteiger partial charge in [0.05, 0.1) is 30.3 Å². The predicted octanol–water partition coefficient (Wildman–Crippen LogP) is 3.98. The second-order valence-corrected chi connectivity index (χ2v) is 10.4. The van der Waals surface area contributed by atoms with Crippen molar-refractivity contribution in [2.24, 2.45) is 5.73 Å². The molecule has 18 heteroatoms. The normalized spacial score (nSPS) is 18.4. The smallest absolute Gasteiger partial charge is 0.381 e. The number of amides is 3. The third-order valence-corrected chi connectivity index (χ3v) is 6.67. The number of nitrogens with one attached hydrogen (secondary N) is 2. The SMILES string of the molecule is COC1CC1.NC(=O)c1nonc1C1CC1.O=C1NC(C(F)(F)F)CN1Cc1ccc2nc(CCOCC(F)(F)F)[nH]c2c1. The van der Waals surface area contributed by atoms with E-state index in [4.69, 9.17) is 10.5 Å². The van der Waals surface area contributed by atoms with E-state index in [9.17, 15) is 35.9 Å². The summed E-state index contributed by atoms with van der Waals surface area (Å²) >= 11 is 0. The first-order valence-corrected chi connectivity index (χ1v) is 13.6. The van der Waals surface area contributed by atoms with Crippen LogP contribution < -0.4 is 11.1 Å². The van der Waals surface area contributed by atoms with Crippen molar-refractivity contribution in [2.75, 3.05) is 26.9 Å². The van der Waals surface area contributed by atoms with E-state index >= 15 is 0 Å². The Labute approximate surface area is 246 Å². The zero-order valence-electron chi connectivity index (χ0n) is 23.5. The summed E-state index contributed by atoms with van der Waals surface area (Å²) in [6.45, 7) is -2.00. The highest BCUT2D eigenvalue weighted by molar-refractivity contribution is 5.91. The number of hydrogen-bond donors (Lipinski definition) is 3. The zero-order valence-corrected chi connectivity index (χ0v) is 23.5. The van der Waals surface area contributed by atoms with Crippen LogP contribution in [0, 0.1) is 0 Å². The average Bonchev–Trinajstić information content (AvgIpc) is 3.85. The van der Waals surface area contributed by atoms with Gasteiger partial charge in [-0.1, -0.05) is 11.2 Å². The molecule has 12 nitrogen and oxygen atoms in total. The lowest BCUT2D eigenvalue weighted by Gasteiger charge is -2.16. The standard InChI is InChI=1S/C16H16F6N4O2.C6H7N3O2.C4H8O/c17-15(18,19)8-28-4-3-13-23-10-2-1-9(5-11(10)24-13)6-26-7-12(16(20,21)22)25-14(26)27;7-6(10)5-4(3-1-2-3)8-11-9-5;1-5-4-2-3-4/h1-2,5,12H,3-4,6-8H2,(H,23,24)(H,25,27);3H,1-2H2,(H2,7,10);4H,2-3H2,1H3. The van der Waals surface area contributed by atoms with Gasteiger partial charge in [-0.15, -0.1) is 0 Å². The number of nitrogens with zero attached hydrogens (tertiary/aromatic N) is 4. The molecule has 1 aromatic carbocycles. The van der Waals surface area contributed by atoms with E-state index in [2.05, 4.69) is 29.6 Å². The molecule has 44 heavy (non-hydrogen) atoms. The van der Waals surface area contributed by atoms with Gasteiger partial charge in [-0.2, -0.15) is 26.3 Å². The van der Waals surface area contributed by atoms with Gasteiger partial charge in [0, 0.05) is 26.0 Å². The van der Waals surface area contributed by atoms with Crippen LogP contribution in [0.1, 0.15) is 59.2 Å². The molecular formula is C26H31F6N7O5. The molecule has 1 atom stereocenters. The second-order valence-electron chi connectivity index (χ2n) is 10.4. The van der Waals surface area contributed by atoms with Crippen LogP contribution in [0.4, 0.5) is 31.1 Å². The lowest BCUT2D eigenvalue weighted by molar-refractivity contribution is -0.173. The van der Waals surface area contributed by atoms with Crippen LogP contribution >= 0.6 is 0 Å². The molecule has 2 aromatic heterocycles. The van der Waals surface area contributed by atoms with Crippen molar-refractivity contribution < 1.29 is 50.0 Å². The number of alkyl halides is 6. The first-order valence-electron chi connectivity index (χ1n) is 13.6. The maximum Gasteiger partial charge on any atom is 0.411 e. The van der Waals surface area contributed by atoms with Gasteiger partial charge in [-0.05, 0) is 48.5 Å². The summed E-state index contributed by atoms with van der Waals surface area (Å²) in [6.07, 6.45) is -3.45. The summed E-state index contributed by atoms with van der Waals surface area (Å²) in [6, 6.07) is 2.18. The molecule has 4 N–H and O–H groups in total. The molecule has 1 aliphatic heterocycles. The number of urea groups is 1. The number of carbonyl (C=O) groups excluding carboxylic acids is 2. The number of benzene rings is 1. The molecule has 2 aliphatic carbocycles. The van der Waals surface area contributed by atoms with Crippen LogP contribution in [-0.4, -0.2) is 88.5 Å². The topological polar surface area (TPSA) is 161 Å². The molecule has 0 spiro atoms. The van der Waals surface area contributed by atoms with Crippen LogP contribution in [0.3, 0.4) is 0 Å². The molecule has 1 saturated heterocycles. The fraction of sp³-hybridized carbons (Fsp3) is 0.577. The summed E-state index contributed by atoms with van der Waals surface area (Å²) in [5, 5.41) is 8.92. The van der Waals surface area contributed by atoms with E-state index in [-0.39, 0.29) is 25.3 Å². The van der Waals surface area contributed by atoms with E-state index in [0.29, 0.717) is 40.1 Å². The number of aromatic amines is 1. The Hall–Kier alpha value is -3.93. The number of aromatic nitrogens is 4. The summed E-state index contributed by atoms with van der Waals surface area (Å²) in [5.41, 5.74) is 7.54. The number of ether oxygens (including phenoxy) is 2. The van der Waals surface area contributed by atoms with E-state index in [1.165, 1.54) is 12.8 Å². The average molecular weight is 636 g/mol. The molecule has 3 fully saturated rings. The fourth-order valence-corrected chi connectivity index (χ4v) is 4.11. The van der Waals surface area contributed by atoms with Gasteiger partial charge in [-0.3, -0.25) is 4.79 Å². The molecule has 3 amide bonds. The lowest BCUT2D eigenvalue weighted by atomic mass is 10.2. The first-order chi connectivity index (χ1) is 20.7. The van der Waals surface area contributed by atoms with Gasteiger partial charge in [0.2, 0.25) is 0 Å². The lowest BCUT2D eigenvalue weighted by Crippen LogP contribution is -2.40. The third-order valence-electron chi connectivity index (χ3n) is 6.67. The molecule has 2 saturated carbocycles. The first kappa shape index (κ1) is 33.0. The Balaban J connectivity index is 0.000000222. The summed E-state index contributed by atoms with van der Waals surface area (Å²) < 4.78 is 88.1. The molecule has 3 heterocycles. The number of H-pyrrole nitrogens is 1. The summed E-state index contributed by atoms with van der Waals surface area (Å²) in [5.74, 6) is 0.210. The van der Waals surface area contributed by atoms with Crippen molar-refractivity contribution in [1.29, 1.82) is 0 Å². The Morgan fingerprint density at radius 2 is 1.86 bits per heavy atom. The quantitative estimate of drug-likeness (QED) is 0.235. The minimum atomic E-state index is -4.51. The van der Waals surface area contributed by atoms with Gasteiger partial charge >= 0.3 is 18.4 Å². The monoisotopic (exact) mass is 635 g/mol. The maximum absolute atomic E-state index is 12.7.